The van der Waals surface area contributed by atoms with E-state index in [1.807, 2.05) is 12.3 Å². The summed E-state index contributed by atoms with van der Waals surface area (Å²) in [5.41, 5.74) is 1.56. The molecule has 0 bridgehead atoms. The molecule has 1 aromatic rings. The zero-order valence-electron chi connectivity index (χ0n) is 8.23. The molecule has 1 aliphatic heterocycles. The third-order valence-corrected chi connectivity index (χ3v) is 3.88. The highest BCUT2D eigenvalue weighted by Crippen LogP contribution is 2.34. The van der Waals surface area contributed by atoms with Gasteiger partial charge in [-0.2, -0.15) is 17.9 Å². The van der Waals surface area contributed by atoms with Crippen molar-refractivity contribution < 1.29 is 4.79 Å². The van der Waals surface area contributed by atoms with Crippen LogP contribution in [0.3, 0.4) is 0 Å². The van der Waals surface area contributed by atoms with Crippen molar-refractivity contribution in [2.45, 2.75) is 18.6 Å². The van der Waals surface area contributed by atoms with Gasteiger partial charge in [0.15, 0.2) is 0 Å². The van der Waals surface area contributed by atoms with E-state index in [0.29, 0.717) is 18.5 Å². The second kappa shape index (κ2) is 3.87. The maximum Gasteiger partial charge on any atom is 0.228 e. The maximum atomic E-state index is 11.6. The molecule has 1 saturated heterocycles. The van der Waals surface area contributed by atoms with E-state index in [9.17, 15) is 4.79 Å². The van der Waals surface area contributed by atoms with Crippen molar-refractivity contribution >= 4 is 34.9 Å². The van der Waals surface area contributed by atoms with Gasteiger partial charge in [-0.1, -0.05) is 0 Å². The number of nitriles is 1. The number of carbonyl (C=O) groups is 1. The summed E-state index contributed by atoms with van der Waals surface area (Å²) in [6.45, 7) is 2.49. The molecule has 0 saturated carbocycles. The molecule has 2 heterocycles. The number of thiol groups is 1. The first kappa shape index (κ1) is 10.5. The Balaban J connectivity index is 2.39. The monoisotopic (exact) mass is 238 g/mol. The van der Waals surface area contributed by atoms with Crippen molar-refractivity contribution in [3.05, 3.63) is 16.5 Å². The van der Waals surface area contributed by atoms with Crippen LogP contribution in [0.1, 0.15) is 17.5 Å². The van der Waals surface area contributed by atoms with Gasteiger partial charge in [-0.25, -0.2) is 0 Å². The number of anilines is 1. The zero-order valence-corrected chi connectivity index (χ0v) is 9.94. The lowest BCUT2D eigenvalue weighted by atomic mass is 10.2. The Morgan fingerprint density at radius 3 is 3.00 bits per heavy atom. The summed E-state index contributed by atoms with van der Waals surface area (Å²) in [7, 11) is 0. The highest BCUT2D eigenvalue weighted by molar-refractivity contribution is 7.81. The van der Waals surface area contributed by atoms with Crippen LogP contribution in [0.2, 0.25) is 0 Å². The molecule has 1 amide bonds. The fourth-order valence-corrected chi connectivity index (χ4v) is 3.00. The normalized spacial score (nSPS) is 20.7. The van der Waals surface area contributed by atoms with Gasteiger partial charge in [-0.05, 0) is 17.9 Å². The Hall–Kier alpha value is -0.990. The highest BCUT2D eigenvalue weighted by Gasteiger charge is 2.31. The molecular formula is C10H10N2OS2. The van der Waals surface area contributed by atoms with Crippen LogP contribution in [0.4, 0.5) is 5.00 Å². The van der Waals surface area contributed by atoms with Gasteiger partial charge in [0.2, 0.25) is 5.91 Å². The lowest BCUT2D eigenvalue weighted by Crippen LogP contribution is -2.24. The molecule has 1 fully saturated rings. The topological polar surface area (TPSA) is 44.1 Å². The first-order valence-corrected chi connectivity index (χ1v) is 5.99. The van der Waals surface area contributed by atoms with E-state index in [4.69, 9.17) is 5.26 Å². The Bertz CT molecular complexity index is 447. The second-order valence-corrected chi connectivity index (χ2v) is 5.16. The molecular weight excluding hydrogens is 228 g/mol. The van der Waals surface area contributed by atoms with Crippen molar-refractivity contribution in [1.29, 1.82) is 5.26 Å². The summed E-state index contributed by atoms with van der Waals surface area (Å²) in [4.78, 5) is 13.3. The van der Waals surface area contributed by atoms with Crippen molar-refractivity contribution in [3.63, 3.8) is 0 Å². The number of aryl methyl sites for hydroxylation is 1. The zero-order chi connectivity index (χ0) is 11.0. The van der Waals surface area contributed by atoms with E-state index in [1.54, 1.807) is 4.90 Å². The minimum Gasteiger partial charge on any atom is -0.302 e. The molecule has 5 heteroatoms. The van der Waals surface area contributed by atoms with E-state index >= 15 is 0 Å². The largest absolute Gasteiger partial charge is 0.302 e. The SMILES string of the molecule is Cc1csc(N2CC(S)CC2=O)c1C#N. The fourth-order valence-electron chi connectivity index (χ4n) is 1.65. The average molecular weight is 238 g/mol. The molecule has 3 nitrogen and oxygen atoms in total. The lowest BCUT2D eigenvalue weighted by molar-refractivity contribution is -0.116. The van der Waals surface area contributed by atoms with Crippen LogP contribution < -0.4 is 4.90 Å². The Morgan fingerprint density at radius 1 is 1.73 bits per heavy atom. The number of carbonyl (C=O) groups excluding carboxylic acids is 1. The first-order chi connectivity index (χ1) is 7.13. The number of thiophene rings is 1. The average Bonchev–Trinajstić information content (AvgIpc) is 2.69. The summed E-state index contributed by atoms with van der Waals surface area (Å²) < 4.78 is 0. The molecule has 0 radical (unpaired) electrons. The fraction of sp³-hybridized carbons (Fsp3) is 0.400. The molecule has 0 N–H and O–H groups in total. The molecule has 2 rings (SSSR count). The highest BCUT2D eigenvalue weighted by atomic mass is 32.1. The molecule has 0 aliphatic carbocycles. The number of rotatable bonds is 1. The predicted octanol–water partition coefficient (Wildman–Crippen LogP) is 1.96. The van der Waals surface area contributed by atoms with Gasteiger partial charge in [0.05, 0.1) is 5.56 Å². The molecule has 1 aliphatic rings. The standard InChI is InChI=1S/C10H10N2OS2/c1-6-5-15-10(8(6)3-11)12-4-7(14)2-9(12)13/h5,7,14H,2,4H2,1H3. The van der Waals surface area contributed by atoms with Gasteiger partial charge in [0, 0.05) is 18.2 Å². The summed E-state index contributed by atoms with van der Waals surface area (Å²) in [6, 6.07) is 2.15. The van der Waals surface area contributed by atoms with Gasteiger partial charge in [0.1, 0.15) is 11.1 Å². The number of hydrogen-bond acceptors (Lipinski definition) is 4. The van der Waals surface area contributed by atoms with E-state index < -0.39 is 0 Å². The predicted molar refractivity (Wildman–Crippen MR) is 63.5 cm³/mol. The molecule has 0 aromatic carbocycles. The van der Waals surface area contributed by atoms with Crippen LogP contribution in [0.15, 0.2) is 5.38 Å². The smallest absolute Gasteiger partial charge is 0.228 e. The molecule has 15 heavy (non-hydrogen) atoms. The van der Waals surface area contributed by atoms with Gasteiger partial charge in [-0.15, -0.1) is 11.3 Å². The molecule has 1 unspecified atom stereocenters. The summed E-state index contributed by atoms with van der Waals surface area (Å²) in [5.74, 6) is 0.0633. The van der Waals surface area contributed by atoms with Crippen molar-refractivity contribution in [2.24, 2.45) is 0 Å². The quantitative estimate of drug-likeness (QED) is 0.760. The van der Waals surface area contributed by atoms with Crippen LogP contribution in [0.25, 0.3) is 0 Å². The van der Waals surface area contributed by atoms with Gasteiger partial charge < -0.3 is 4.90 Å². The van der Waals surface area contributed by atoms with Crippen LogP contribution in [-0.2, 0) is 4.79 Å². The van der Waals surface area contributed by atoms with E-state index in [0.717, 1.165) is 10.6 Å². The molecule has 78 valence electrons. The van der Waals surface area contributed by atoms with Crippen LogP contribution in [0.5, 0.6) is 0 Å². The van der Waals surface area contributed by atoms with Gasteiger partial charge in [0.25, 0.3) is 0 Å². The molecule has 1 aromatic heterocycles. The minimum atomic E-state index is 0.0633. The van der Waals surface area contributed by atoms with Crippen LogP contribution >= 0.6 is 24.0 Å². The first-order valence-electron chi connectivity index (χ1n) is 4.60. The summed E-state index contributed by atoms with van der Waals surface area (Å²) in [5, 5.41) is 11.8. The Labute approximate surface area is 97.7 Å². The number of nitrogens with zero attached hydrogens (tertiary/aromatic N) is 2. The van der Waals surface area contributed by atoms with Gasteiger partial charge >= 0.3 is 0 Å². The van der Waals surface area contributed by atoms with Crippen LogP contribution in [-0.4, -0.2) is 17.7 Å². The molecule has 0 spiro atoms. The Morgan fingerprint density at radius 2 is 2.47 bits per heavy atom. The number of hydrogen-bond donors (Lipinski definition) is 1. The second-order valence-electron chi connectivity index (χ2n) is 3.57. The minimum absolute atomic E-state index is 0.0633. The Kier molecular flexibility index (Phi) is 2.72. The summed E-state index contributed by atoms with van der Waals surface area (Å²) >= 11 is 5.74. The number of amides is 1. The summed E-state index contributed by atoms with van der Waals surface area (Å²) in [6.07, 6.45) is 0.463. The van der Waals surface area contributed by atoms with E-state index in [2.05, 4.69) is 18.7 Å². The van der Waals surface area contributed by atoms with Crippen molar-refractivity contribution in [1.82, 2.24) is 0 Å². The van der Waals surface area contributed by atoms with Crippen LogP contribution in [0, 0.1) is 18.3 Å². The third kappa shape index (κ3) is 1.75. The lowest BCUT2D eigenvalue weighted by Gasteiger charge is -2.13. The van der Waals surface area contributed by atoms with E-state index in [1.165, 1.54) is 11.3 Å². The van der Waals surface area contributed by atoms with Crippen molar-refractivity contribution in [2.75, 3.05) is 11.4 Å². The molecule has 1 atom stereocenters. The maximum absolute atomic E-state index is 11.6. The van der Waals surface area contributed by atoms with E-state index in [-0.39, 0.29) is 11.2 Å². The van der Waals surface area contributed by atoms with Gasteiger partial charge in [-0.3, -0.25) is 4.79 Å². The third-order valence-electron chi connectivity index (χ3n) is 2.42. The van der Waals surface area contributed by atoms with Crippen molar-refractivity contribution in [3.8, 4) is 6.07 Å².